The van der Waals surface area contributed by atoms with Gasteiger partial charge in [-0.2, -0.15) is 8.78 Å². The van der Waals surface area contributed by atoms with E-state index >= 15 is 0 Å². The molecule has 2 fully saturated rings. The molecule has 3 rings (SSSR count). The van der Waals surface area contributed by atoms with E-state index in [0.717, 1.165) is 4.90 Å². The minimum atomic E-state index is -2.99. The van der Waals surface area contributed by atoms with E-state index in [-0.39, 0.29) is 25.5 Å². The van der Waals surface area contributed by atoms with Crippen molar-refractivity contribution in [1.82, 2.24) is 15.2 Å². The molecule has 0 saturated carbocycles. The minimum Gasteiger partial charge on any atom is -0.442 e. The van der Waals surface area contributed by atoms with E-state index in [4.69, 9.17) is 4.74 Å². The number of cyclic esters (lactones) is 1. The average molecular weight is 397 g/mol. The monoisotopic (exact) mass is 397 g/mol. The van der Waals surface area contributed by atoms with Gasteiger partial charge in [-0.05, 0) is 12.1 Å². The molecular formula is C17H21F2N5O4. The molecule has 152 valence electrons. The second-order valence-corrected chi connectivity index (χ2v) is 6.54. The van der Waals surface area contributed by atoms with Crippen LogP contribution in [-0.4, -0.2) is 79.6 Å². The van der Waals surface area contributed by atoms with Gasteiger partial charge < -0.3 is 19.9 Å². The Labute approximate surface area is 160 Å². The Hall–Kier alpha value is -2.98. The number of anilines is 2. The summed E-state index contributed by atoms with van der Waals surface area (Å²) >= 11 is 0. The molecule has 0 unspecified atom stereocenters. The summed E-state index contributed by atoms with van der Waals surface area (Å²) in [6.45, 7) is 3.14. The zero-order chi connectivity index (χ0) is 20.3. The van der Waals surface area contributed by atoms with Crippen LogP contribution >= 0.6 is 0 Å². The highest BCUT2D eigenvalue weighted by molar-refractivity contribution is 5.89. The largest absolute Gasteiger partial charge is 0.442 e. The van der Waals surface area contributed by atoms with E-state index < -0.39 is 24.5 Å². The van der Waals surface area contributed by atoms with Crippen LogP contribution in [-0.2, 0) is 14.3 Å². The molecule has 1 aromatic rings. The molecular weight excluding hydrogens is 376 g/mol. The van der Waals surface area contributed by atoms with Gasteiger partial charge in [0.25, 0.3) is 5.91 Å². The maximum absolute atomic E-state index is 12.5. The number of hydrogen-bond donors (Lipinski definition) is 1. The van der Waals surface area contributed by atoms with Gasteiger partial charge in [0, 0.05) is 33.1 Å². The normalized spacial score (nSPS) is 19.8. The summed E-state index contributed by atoms with van der Waals surface area (Å²) in [5.74, 6) is -0.713. The molecule has 2 aliphatic rings. The van der Waals surface area contributed by atoms with Gasteiger partial charge in [-0.1, -0.05) is 0 Å². The quantitative estimate of drug-likeness (QED) is 0.776. The molecule has 3 heterocycles. The maximum Gasteiger partial charge on any atom is 0.414 e. The second-order valence-electron chi connectivity index (χ2n) is 6.54. The Morgan fingerprint density at radius 2 is 2.00 bits per heavy atom. The third-order valence-corrected chi connectivity index (χ3v) is 4.60. The lowest BCUT2D eigenvalue weighted by atomic mass is 10.2. The number of ether oxygens (including phenoxy) is 1. The van der Waals surface area contributed by atoms with Crippen molar-refractivity contribution < 1.29 is 27.9 Å². The van der Waals surface area contributed by atoms with E-state index in [1.807, 2.05) is 4.90 Å². The molecule has 0 aromatic carbocycles. The topological polar surface area (TPSA) is 95.1 Å². The minimum absolute atomic E-state index is 0.198. The average Bonchev–Trinajstić information content (AvgIpc) is 3.06. The van der Waals surface area contributed by atoms with Gasteiger partial charge in [0.2, 0.25) is 5.91 Å². The Balaban J connectivity index is 1.56. The molecule has 2 saturated heterocycles. The fourth-order valence-corrected chi connectivity index (χ4v) is 3.12. The van der Waals surface area contributed by atoms with Crippen molar-refractivity contribution in [2.75, 3.05) is 49.1 Å². The molecule has 2 aliphatic heterocycles. The lowest BCUT2D eigenvalue weighted by Gasteiger charge is -2.35. The van der Waals surface area contributed by atoms with Gasteiger partial charge in [-0.25, -0.2) is 9.78 Å². The van der Waals surface area contributed by atoms with E-state index in [1.165, 1.54) is 18.0 Å². The number of alkyl halides is 2. The number of nitrogens with zero attached hydrogens (tertiary/aromatic N) is 4. The van der Waals surface area contributed by atoms with E-state index in [1.54, 1.807) is 12.1 Å². The highest BCUT2D eigenvalue weighted by Crippen LogP contribution is 2.23. The molecule has 3 amide bonds. The summed E-state index contributed by atoms with van der Waals surface area (Å²) < 4.78 is 30.2. The van der Waals surface area contributed by atoms with Crippen LogP contribution in [0.1, 0.15) is 6.92 Å². The van der Waals surface area contributed by atoms with Gasteiger partial charge >= 0.3 is 12.5 Å². The highest BCUT2D eigenvalue weighted by Gasteiger charge is 2.33. The van der Waals surface area contributed by atoms with Crippen LogP contribution in [0.15, 0.2) is 18.3 Å². The SMILES string of the molecule is CC(=O)NC[C@H]1CN(c2ccc(N3CCN(C(=O)C(F)F)CC3)nc2)C(=O)O1. The number of hydrogen-bond acceptors (Lipinski definition) is 6. The van der Waals surface area contributed by atoms with E-state index in [0.29, 0.717) is 31.1 Å². The molecule has 11 heteroatoms. The summed E-state index contributed by atoms with van der Waals surface area (Å²) in [5.41, 5.74) is 0.561. The summed E-state index contributed by atoms with van der Waals surface area (Å²) in [7, 11) is 0. The number of amides is 3. The summed E-state index contributed by atoms with van der Waals surface area (Å²) in [4.78, 5) is 43.1. The Morgan fingerprint density at radius 3 is 2.57 bits per heavy atom. The first-order valence-corrected chi connectivity index (χ1v) is 8.85. The molecule has 0 aliphatic carbocycles. The van der Waals surface area contributed by atoms with Gasteiger partial charge in [0.05, 0.1) is 25.0 Å². The van der Waals surface area contributed by atoms with E-state index in [9.17, 15) is 23.2 Å². The van der Waals surface area contributed by atoms with Crippen molar-refractivity contribution >= 4 is 29.4 Å². The van der Waals surface area contributed by atoms with Crippen molar-refractivity contribution in [1.29, 1.82) is 0 Å². The standard InChI is InChI=1S/C17H21F2N5O4/c1-11(25)20-9-13-10-24(17(27)28-13)12-2-3-14(21-8-12)22-4-6-23(7-5-22)16(26)15(18)19/h2-3,8,13,15H,4-7,9-10H2,1H3,(H,20,25)/t13-/m0/s1. The third kappa shape index (κ3) is 4.46. The van der Waals surface area contributed by atoms with Crippen molar-refractivity contribution in [3.05, 3.63) is 18.3 Å². The number of rotatable bonds is 5. The lowest BCUT2D eigenvalue weighted by molar-refractivity contribution is -0.143. The molecule has 0 radical (unpaired) electrons. The Kier molecular flexibility index (Phi) is 5.90. The van der Waals surface area contributed by atoms with Crippen LogP contribution in [0.4, 0.5) is 25.1 Å². The summed E-state index contributed by atoms with van der Waals surface area (Å²) in [5, 5.41) is 2.61. The van der Waals surface area contributed by atoms with Gasteiger partial charge in [-0.3, -0.25) is 14.5 Å². The molecule has 9 nitrogen and oxygen atoms in total. The fraction of sp³-hybridized carbons (Fsp3) is 0.529. The number of pyridine rings is 1. The van der Waals surface area contributed by atoms with E-state index in [2.05, 4.69) is 10.3 Å². The zero-order valence-electron chi connectivity index (χ0n) is 15.3. The number of nitrogens with one attached hydrogen (secondary N) is 1. The first-order chi connectivity index (χ1) is 13.3. The van der Waals surface area contributed by atoms with Gasteiger partial charge in [0.1, 0.15) is 11.9 Å². The molecule has 0 spiro atoms. The van der Waals surface area contributed by atoms with Crippen molar-refractivity contribution in [2.24, 2.45) is 0 Å². The Bertz CT molecular complexity index is 738. The molecule has 0 bridgehead atoms. The number of carbonyl (C=O) groups excluding carboxylic acids is 3. The van der Waals surface area contributed by atoms with Crippen LogP contribution < -0.4 is 15.1 Å². The molecule has 1 N–H and O–H groups in total. The van der Waals surface area contributed by atoms with Crippen LogP contribution in [0.2, 0.25) is 0 Å². The van der Waals surface area contributed by atoms with Crippen LogP contribution in [0.5, 0.6) is 0 Å². The van der Waals surface area contributed by atoms with Crippen molar-refractivity contribution in [2.45, 2.75) is 19.5 Å². The summed E-state index contributed by atoms with van der Waals surface area (Å²) in [6, 6.07) is 3.45. The highest BCUT2D eigenvalue weighted by atomic mass is 19.3. The summed E-state index contributed by atoms with van der Waals surface area (Å²) in [6.07, 6.45) is -2.40. The lowest BCUT2D eigenvalue weighted by Crippen LogP contribution is -2.50. The predicted molar refractivity (Wildman–Crippen MR) is 95.3 cm³/mol. The first kappa shape index (κ1) is 19.8. The number of carbonyl (C=O) groups is 3. The smallest absolute Gasteiger partial charge is 0.414 e. The van der Waals surface area contributed by atoms with Gasteiger partial charge in [-0.15, -0.1) is 0 Å². The van der Waals surface area contributed by atoms with Crippen LogP contribution in [0.25, 0.3) is 0 Å². The molecule has 1 atom stereocenters. The Morgan fingerprint density at radius 1 is 1.29 bits per heavy atom. The van der Waals surface area contributed by atoms with Crippen molar-refractivity contribution in [3.8, 4) is 0 Å². The van der Waals surface area contributed by atoms with Crippen LogP contribution in [0.3, 0.4) is 0 Å². The third-order valence-electron chi connectivity index (χ3n) is 4.60. The zero-order valence-corrected chi connectivity index (χ0v) is 15.3. The van der Waals surface area contributed by atoms with Crippen molar-refractivity contribution in [3.63, 3.8) is 0 Å². The second kappa shape index (κ2) is 8.36. The number of aromatic nitrogens is 1. The number of halogens is 2. The first-order valence-electron chi connectivity index (χ1n) is 8.85. The molecule has 28 heavy (non-hydrogen) atoms. The number of piperazine rings is 1. The predicted octanol–water partition coefficient (Wildman–Crippen LogP) is 0.457. The van der Waals surface area contributed by atoms with Crippen LogP contribution in [0, 0.1) is 0 Å². The van der Waals surface area contributed by atoms with Gasteiger partial charge in [0.15, 0.2) is 0 Å². The fourth-order valence-electron chi connectivity index (χ4n) is 3.12. The molecule has 1 aromatic heterocycles. The maximum atomic E-state index is 12.5.